The van der Waals surface area contributed by atoms with Crippen molar-refractivity contribution >= 4 is 33.8 Å². The summed E-state index contributed by atoms with van der Waals surface area (Å²) in [4.78, 5) is 34.7. The molecule has 0 saturated carbocycles. The van der Waals surface area contributed by atoms with Gasteiger partial charge in [0.1, 0.15) is 5.82 Å². The van der Waals surface area contributed by atoms with Gasteiger partial charge in [0.05, 0.1) is 32.4 Å². The second kappa shape index (κ2) is 9.91. The molecule has 0 fully saturated rings. The Bertz CT molecular complexity index is 1100. The van der Waals surface area contributed by atoms with Gasteiger partial charge in [-0.3, -0.25) is 30.3 Å². The van der Waals surface area contributed by atoms with Gasteiger partial charge in [0.15, 0.2) is 0 Å². The van der Waals surface area contributed by atoms with Crippen molar-refractivity contribution in [3.8, 4) is 5.75 Å². The van der Waals surface area contributed by atoms with E-state index in [2.05, 4.69) is 48.0 Å². The van der Waals surface area contributed by atoms with Crippen molar-refractivity contribution < 1.29 is 19.9 Å². The SMILES string of the molecule is CCN(CC)c1ccc2ccccc2n1.O=[N+]([O-])c1cc([N+](=O)[O-])c(O)c([N+](=O)[O-])c1. The first-order valence-electron chi connectivity index (χ1n) is 9.10. The number of fused-ring (bicyclic) bond motifs is 1. The van der Waals surface area contributed by atoms with Crippen LogP contribution in [0.15, 0.2) is 48.5 Å². The maximum absolute atomic E-state index is 10.4. The molecule has 162 valence electrons. The number of nitrogens with zero attached hydrogens (tertiary/aromatic N) is 5. The van der Waals surface area contributed by atoms with E-state index in [1.165, 1.54) is 5.39 Å². The Morgan fingerprint density at radius 2 is 1.42 bits per heavy atom. The molecule has 12 heteroatoms. The third-order valence-electron chi connectivity index (χ3n) is 4.33. The molecular weight excluding hydrogens is 410 g/mol. The third-order valence-corrected chi connectivity index (χ3v) is 4.33. The molecule has 0 aliphatic carbocycles. The molecule has 31 heavy (non-hydrogen) atoms. The number of aromatic hydroxyl groups is 1. The number of hydrogen-bond donors (Lipinski definition) is 1. The number of para-hydroxylation sites is 1. The van der Waals surface area contributed by atoms with Gasteiger partial charge >= 0.3 is 11.4 Å². The van der Waals surface area contributed by atoms with Crippen LogP contribution in [0.3, 0.4) is 0 Å². The minimum Gasteiger partial charge on any atom is -0.497 e. The Kier molecular flexibility index (Phi) is 7.33. The molecule has 0 spiro atoms. The monoisotopic (exact) mass is 429 g/mol. The number of aromatic nitrogens is 1. The molecule has 2 aromatic carbocycles. The molecule has 0 saturated heterocycles. The lowest BCUT2D eigenvalue weighted by Crippen LogP contribution is -2.22. The van der Waals surface area contributed by atoms with Gasteiger partial charge in [-0.2, -0.15) is 0 Å². The first kappa shape index (κ1) is 22.9. The summed E-state index contributed by atoms with van der Waals surface area (Å²) in [6.45, 7) is 6.31. The molecule has 0 aliphatic rings. The van der Waals surface area contributed by atoms with Crippen LogP contribution in [0.25, 0.3) is 10.9 Å². The van der Waals surface area contributed by atoms with Crippen molar-refractivity contribution in [2.75, 3.05) is 18.0 Å². The number of anilines is 1. The quantitative estimate of drug-likeness (QED) is 0.446. The van der Waals surface area contributed by atoms with Crippen LogP contribution in [0, 0.1) is 30.3 Å². The van der Waals surface area contributed by atoms with Crippen LogP contribution in [-0.4, -0.2) is 37.9 Å². The first-order chi connectivity index (χ1) is 14.7. The zero-order chi connectivity index (χ0) is 23.1. The number of non-ortho nitro benzene ring substituents is 1. The summed E-state index contributed by atoms with van der Waals surface area (Å²) >= 11 is 0. The van der Waals surface area contributed by atoms with E-state index in [9.17, 15) is 30.3 Å². The molecule has 1 aromatic heterocycles. The molecule has 0 radical (unpaired) electrons. The van der Waals surface area contributed by atoms with E-state index in [-0.39, 0.29) is 0 Å². The average molecular weight is 429 g/mol. The normalized spacial score (nSPS) is 10.1. The topological polar surface area (TPSA) is 166 Å². The van der Waals surface area contributed by atoms with Gasteiger partial charge in [-0.25, -0.2) is 4.98 Å². The summed E-state index contributed by atoms with van der Waals surface area (Å²) in [7, 11) is 0. The van der Waals surface area contributed by atoms with Gasteiger partial charge in [-0.15, -0.1) is 0 Å². The minimum atomic E-state index is -1.21. The zero-order valence-corrected chi connectivity index (χ0v) is 16.7. The van der Waals surface area contributed by atoms with Crippen LogP contribution in [0.1, 0.15) is 13.8 Å². The van der Waals surface area contributed by atoms with E-state index in [0.29, 0.717) is 12.1 Å². The van der Waals surface area contributed by atoms with E-state index in [1.54, 1.807) is 0 Å². The lowest BCUT2D eigenvalue weighted by molar-refractivity contribution is -0.404. The first-order valence-corrected chi connectivity index (χ1v) is 9.10. The highest BCUT2D eigenvalue weighted by Crippen LogP contribution is 2.38. The molecule has 0 atom stereocenters. The standard InChI is InChI=1S/C13H16N2.C6H3N3O7/c1-3-15(4-2)13-10-9-11-7-5-6-8-12(11)14-13;10-6-4(8(13)14)1-3(7(11)12)2-5(6)9(15)16/h5-10H,3-4H2,1-2H3;1-2,10H. The number of pyridine rings is 1. The Morgan fingerprint density at radius 1 is 0.871 bits per heavy atom. The molecule has 0 aliphatic heterocycles. The highest BCUT2D eigenvalue weighted by molar-refractivity contribution is 5.80. The van der Waals surface area contributed by atoms with E-state index in [4.69, 9.17) is 5.11 Å². The second-order valence-electron chi connectivity index (χ2n) is 6.14. The fraction of sp³-hybridized carbons (Fsp3) is 0.211. The van der Waals surface area contributed by atoms with E-state index in [0.717, 1.165) is 24.4 Å². The van der Waals surface area contributed by atoms with Crippen LogP contribution < -0.4 is 4.90 Å². The summed E-state index contributed by atoms with van der Waals surface area (Å²) in [6.07, 6.45) is 0. The smallest absolute Gasteiger partial charge is 0.324 e. The van der Waals surface area contributed by atoms with Crippen LogP contribution >= 0.6 is 0 Å². The molecule has 1 N–H and O–H groups in total. The van der Waals surface area contributed by atoms with Crippen LogP contribution in [0.4, 0.5) is 22.9 Å². The Hall–Kier alpha value is -4.35. The Labute approximate surface area is 175 Å². The van der Waals surface area contributed by atoms with E-state index in [1.807, 2.05) is 12.1 Å². The molecular formula is C19H19N5O7. The van der Waals surface area contributed by atoms with Crippen molar-refractivity contribution in [3.63, 3.8) is 0 Å². The average Bonchev–Trinajstić information content (AvgIpc) is 2.74. The minimum absolute atomic E-state index is 0.447. The van der Waals surface area contributed by atoms with Gasteiger partial charge in [0.25, 0.3) is 11.4 Å². The molecule has 3 rings (SSSR count). The Balaban J connectivity index is 0.000000220. The van der Waals surface area contributed by atoms with Gasteiger partial charge in [-0.1, -0.05) is 18.2 Å². The van der Waals surface area contributed by atoms with E-state index >= 15 is 0 Å². The van der Waals surface area contributed by atoms with Crippen molar-refractivity contribution in [1.29, 1.82) is 0 Å². The second-order valence-corrected chi connectivity index (χ2v) is 6.14. The molecule has 0 amide bonds. The largest absolute Gasteiger partial charge is 0.497 e. The number of hydrogen-bond acceptors (Lipinski definition) is 9. The molecule has 0 unspecified atom stereocenters. The zero-order valence-electron chi connectivity index (χ0n) is 16.7. The lowest BCUT2D eigenvalue weighted by atomic mass is 10.2. The summed E-state index contributed by atoms with van der Waals surface area (Å²) in [5.74, 6) is -0.140. The number of phenols is 1. The van der Waals surface area contributed by atoms with Crippen LogP contribution in [0.2, 0.25) is 0 Å². The molecule has 3 aromatic rings. The van der Waals surface area contributed by atoms with E-state index < -0.39 is 37.6 Å². The fourth-order valence-electron chi connectivity index (χ4n) is 2.75. The molecule has 12 nitrogen and oxygen atoms in total. The third kappa shape index (κ3) is 5.38. The molecule has 0 bridgehead atoms. The predicted molar refractivity (Wildman–Crippen MR) is 113 cm³/mol. The maximum Gasteiger partial charge on any atom is 0.324 e. The summed E-state index contributed by atoms with van der Waals surface area (Å²) in [6, 6.07) is 13.3. The predicted octanol–water partition coefficient (Wildman–Crippen LogP) is 4.20. The van der Waals surface area contributed by atoms with Crippen molar-refractivity contribution in [1.82, 2.24) is 4.98 Å². The number of benzene rings is 2. The van der Waals surface area contributed by atoms with Crippen molar-refractivity contribution in [3.05, 3.63) is 78.9 Å². The van der Waals surface area contributed by atoms with Gasteiger partial charge < -0.3 is 10.0 Å². The highest BCUT2D eigenvalue weighted by atomic mass is 16.6. The highest BCUT2D eigenvalue weighted by Gasteiger charge is 2.30. The molecule has 1 heterocycles. The van der Waals surface area contributed by atoms with Crippen molar-refractivity contribution in [2.45, 2.75) is 13.8 Å². The van der Waals surface area contributed by atoms with Crippen LogP contribution in [-0.2, 0) is 0 Å². The van der Waals surface area contributed by atoms with Crippen molar-refractivity contribution in [2.24, 2.45) is 0 Å². The van der Waals surface area contributed by atoms with Gasteiger partial charge in [0, 0.05) is 18.5 Å². The van der Waals surface area contributed by atoms with Gasteiger partial charge in [0.2, 0.25) is 0 Å². The number of rotatable bonds is 6. The number of nitro groups is 3. The maximum atomic E-state index is 10.4. The van der Waals surface area contributed by atoms with Crippen LogP contribution in [0.5, 0.6) is 5.75 Å². The number of phenolic OH excluding ortho intramolecular Hbond substituents is 1. The summed E-state index contributed by atoms with van der Waals surface area (Å²) in [5.41, 5.74) is -1.93. The number of nitro benzene ring substituents is 3. The summed E-state index contributed by atoms with van der Waals surface area (Å²) in [5, 5.41) is 41.4. The lowest BCUT2D eigenvalue weighted by Gasteiger charge is -2.19. The van der Waals surface area contributed by atoms with Gasteiger partial charge in [-0.05, 0) is 32.0 Å². The summed E-state index contributed by atoms with van der Waals surface area (Å²) < 4.78 is 0. The Morgan fingerprint density at radius 3 is 1.90 bits per heavy atom. The fourth-order valence-corrected chi connectivity index (χ4v) is 2.75.